The van der Waals surface area contributed by atoms with E-state index >= 15 is 0 Å². The van der Waals surface area contributed by atoms with E-state index in [1.807, 2.05) is 0 Å². The highest BCUT2D eigenvalue weighted by Crippen LogP contribution is 2.44. The van der Waals surface area contributed by atoms with Crippen molar-refractivity contribution in [2.45, 2.75) is 18.5 Å². The number of carbonyl (C=O) groups is 1. The van der Waals surface area contributed by atoms with Crippen LogP contribution in [0.15, 0.2) is 84.9 Å². The Hall–Kier alpha value is -4.31. The van der Waals surface area contributed by atoms with Gasteiger partial charge in [0.25, 0.3) is 0 Å². The number of carbonyl (C=O) groups excluding carboxylic acids is 1. The minimum Gasteiger partial charge on any atom is -0.384 e. The van der Waals surface area contributed by atoms with Crippen LogP contribution in [-0.2, 0) is 12.4 Å². The first-order chi connectivity index (χ1) is 17.9. The van der Waals surface area contributed by atoms with E-state index < -0.39 is 35.4 Å². The molecule has 0 aromatic heterocycles. The summed E-state index contributed by atoms with van der Waals surface area (Å²) in [5.74, 6) is -0.497. The molecule has 1 atom stereocenters. The van der Waals surface area contributed by atoms with Crippen LogP contribution in [0.25, 0.3) is 0 Å². The third kappa shape index (κ3) is 4.70. The average molecular weight is 528 g/mol. The van der Waals surface area contributed by atoms with E-state index in [0.717, 1.165) is 24.3 Å². The zero-order valence-electron chi connectivity index (χ0n) is 19.3. The van der Waals surface area contributed by atoms with Crippen molar-refractivity contribution in [1.82, 2.24) is 0 Å². The number of aliphatic hydroxyl groups is 1. The van der Waals surface area contributed by atoms with Gasteiger partial charge in [0.05, 0.1) is 22.4 Å². The van der Waals surface area contributed by atoms with Gasteiger partial charge in [-0.3, -0.25) is 4.79 Å². The Morgan fingerprint density at radius 1 is 0.658 bits per heavy atom. The molecule has 3 N–H and O–H groups in total. The lowest BCUT2D eigenvalue weighted by Crippen LogP contribution is -2.22. The molecule has 0 heterocycles. The predicted octanol–water partition coefficient (Wildman–Crippen LogP) is 7.84. The molecular weight excluding hydrogens is 510 g/mol. The Morgan fingerprint density at radius 2 is 1.18 bits per heavy atom. The van der Waals surface area contributed by atoms with E-state index in [9.17, 15) is 36.2 Å². The number of alkyl halides is 6. The van der Waals surface area contributed by atoms with Crippen molar-refractivity contribution in [2.75, 3.05) is 10.6 Å². The minimum absolute atomic E-state index is 0.00872. The molecule has 0 amide bonds. The predicted molar refractivity (Wildman–Crippen MR) is 130 cm³/mol. The van der Waals surface area contributed by atoms with Gasteiger partial charge in [0.2, 0.25) is 0 Å². The monoisotopic (exact) mass is 528 g/mol. The van der Waals surface area contributed by atoms with Crippen molar-refractivity contribution in [3.05, 3.63) is 118 Å². The molecular formula is C28H18F6N2O2. The van der Waals surface area contributed by atoms with Gasteiger partial charge < -0.3 is 15.7 Å². The summed E-state index contributed by atoms with van der Waals surface area (Å²) in [6.07, 6.45) is -10.5. The molecule has 1 aliphatic rings. The number of ketones is 1. The lowest BCUT2D eigenvalue weighted by Gasteiger charge is -2.28. The summed E-state index contributed by atoms with van der Waals surface area (Å²) in [6.45, 7) is 0. The molecule has 0 saturated heterocycles. The van der Waals surface area contributed by atoms with Crippen molar-refractivity contribution in [1.29, 1.82) is 0 Å². The second-order valence-corrected chi connectivity index (χ2v) is 8.68. The van der Waals surface area contributed by atoms with Gasteiger partial charge in [-0.2, -0.15) is 26.3 Å². The summed E-state index contributed by atoms with van der Waals surface area (Å²) in [4.78, 5) is 13.6. The van der Waals surface area contributed by atoms with Crippen LogP contribution in [-0.4, -0.2) is 10.9 Å². The largest absolute Gasteiger partial charge is 0.416 e. The maximum Gasteiger partial charge on any atom is 0.416 e. The molecule has 0 fully saturated rings. The van der Waals surface area contributed by atoms with Crippen LogP contribution in [0.4, 0.5) is 49.1 Å². The number of anilines is 4. The lowest BCUT2D eigenvalue weighted by molar-refractivity contribution is -0.138. The lowest BCUT2D eigenvalue weighted by atomic mass is 9.81. The van der Waals surface area contributed by atoms with Gasteiger partial charge in [-0.15, -0.1) is 0 Å². The van der Waals surface area contributed by atoms with Crippen molar-refractivity contribution in [3.63, 3.8) is 0 Å². The Morgan fingerprint density at radius 3 is 1.76 bits per heavy atom. The molecule has 4 aromatic carbocycles. The quantitative estimate of drug-likeness (QED) is 0.236. The van der Waals surface area contributed by atoms with Crippen molar-refractivity contribution < 1.29 is 36.2 Å². The number of fused-ring (bicyclic) bond motifs is 2. The Bertz CT molecular complexity index is 1550. The van der Waals surface area contributed by atoms with Crippen LogP contribution in [0.5, 0.6) is 0 Å². The highest BCUT2D eigenvalue weighted by molar-refractivity contribution is 6.17. The molecule has 1 aliphatic carbocycles. The SMILES string of the molecule is O=C1c2ccccc2C(O)c2c(Nc3cccc(C(F)(F)F)c3)ccc(Nc3cccc(C(F)(F)F)c3)c21. The van der Waals surface area contributed by atoms with E-state index in [1.165, 1.54) is 42.5 Å². The standard InChI is InChI=1S/C28H18F6N2O2/c29-27(30,31)15-5-3-7-17(13-15)35-21-11-12-22(36-18-8-4-6-16(14-18)28(32,33)34)24-23(21)25(37)19-9-1-2-10-20(19)26(24)38/h1-14,25,35-37H. The molecule has 0 radical (unpaired) electrons. The van der Waals surface area contributed by atoms with E-state index in [2.05, 4.69) is 10.6 Å². The summed E-state index contributed by atoms with van der Waals surface area (Å²) in [5, 5.41) is 17.0. The van der Waals surface area contributed by atoms with Gasteiger partial charge in [0.1, 0.15) is 6.10 Å². The molecule has 0 aliphatic heterocycles. The van der Waals surface area contributed by atoms with E-state index in [-0.39, 0.29) is 39.4 Å². The molecule has 0 bridgehead atoms. The maximum absolute atomic E-state index is 13.6. The van der Waals surface area contributed by atoms with Crippen molar-refractivity contribution in [3.8, 4) is 0 Å². The fourth-order valence-electron chi connectivity index (χ4n) is 4.45. The van der Waals surface area contributed by atoms with Crippen LogP contribution in [0.1, 0.15) is 44.3 Å². The molecule has 38 heavy (non-hydrogen) atoms. The van der Waals surface area contributed by atoms with Crippen LogP contribution in [0.3, 0.4) is 0 Å². The summed E-state index contributed by atoms with van der Waals surface area (Å²) in [7, 11) is 0. The van der Waals surface area contributed by atoms with Crippen molar-refractivity contribution in [2.24, 2.45) is 0 Å². The van der Waals surface area contributed by atoms with Crippen LogP contribution < -0.4 is 10.6 Å². The van der Waals surface area contributed by atoms with Crippen LogP contribution in [0.2, 0.25) is 0 Å². The smallest absolute Gasteiger partial charge is 0.384 e. The number of halogens is 6. The van der Waals surface area contributed by atoms with Gasteiger partial charge in [-0.1, -0.05) is 36.4 Å². The number of benzene rings is 4. The third-order valence-electron chi connectivity index (χ3n) is 6.18. The number of aliphatic hydroxyl groups excluding tert-OH is 1. The molecule has 10 heteroatoms. The van der Waals surface area contributed by atoms with E-state index in [1.54, 1.807) is 18.2 Å². The zero-order chi connectivity index (χ0) is 27.2. The first kappa shape index (κ1) is 25.3. The molecule has 4 nitrogen and oxygen atoms in total. The normalized spacial score (nSPS) is 15.0. The molecule has 194 valence electrons. The summed E-state index contributed by atoms with van der Waals surface area (Å²) < 4.78 is 79.4. The highest BCUT2D eigenvalue weighted by atomic mass is 19.4. The number of nitrogens with one attached hydrogen (secondary N) is 2. The molecule has 1 unspecified atom stereocenters. The highest BCUT2D eigenvalue weighted by Gasteiger charge is 2.35. The van der Waals surface area contributed by atoms with E-state index in [4.69, 9.17) is 0 Å². The molecule has 0 saturated carbocycles. The topological polar surface area (TPSA) is 61.4 Å². The van der Waals surface area contributed by atoms with Gasteiger partial charge in [0, 0.05) is 28.2 Å². The Kier molecular flexibility index (Phi) is 6.15. The van der Waals surface area contributed by atoms with Crippen LogP contribution >= 0.6 is 0 Å². The van der Waals surface area contributed by atoms with Gasteiger partial charge in [0.15, 0.2) is 5.78 Å². The second-order valence-electron chi connectivity index (χ2n) is 8.68. The van der Waals surface area contributed by atoms with E-state index in [0.29, 0.717) is 5.56 Å². The molecule has 4 aromatic rings. The summed E-state index contributed by atoms with van der Waals surface area (Å²) in [6, 6.07) is 18.0. The molecule has 5 rings (SSSR count). The zero-order valence-corrected chi connectivity index (χ0v) is 19.3. The first-order valence-corrected chi connectivity index (χ1v) is 11.3. The minimum atomic E-state index is -4.58. The van der Waals surface area contributed by atoms with Gasteiger partial charge in [-0.25, -0.2) is 0 Å². The Balaban J connectivity index is 1.63. The van der Waals surface area contributed by atoms with Gasteiger partial charge in [-0.05, 0) is 54.1 Å². The summed E-state index contributed by atoms with van der Waals surface area (Å²) >= 11 is 0. The first-order valence-electron chi connectivity index (χ1n) is 11.3. The fourth-order valence-corrected chi connectivity index (χ4v) is 4.45. The average Bonchev–Trinajstić information content (AvgIpc) is 2.87. The Labute approximate surface area is 212 Å². The number of hydrogen-bond acceptors (Lipinski definition) is 4. The second kappa shape index (κ2) is 9.21. The number of rotatable bonds is 4. The maximum atomic E-state index is 13.6. The fraction of sp³-hybridized carbons (Fsp3) is 0.107. The summed E-state index contributed by atoms with van der Waals surface area (Å²) in [5.41, 5.74) is -0.771. The van der Waals surface area contributed by atoms with Crippen molar-refractivity contribution >= 4 is 28.5 Å². The third-order valence-corrected chi connectivity index (χ3v) is 6.18. The van der Waals surface area contributed by atoms with Crippen LogP contribution in [0, 0.1) is 0 Å². The number of hydrogen-bond donors (Lipinski definition) is 3. The molecule has 0 spiro atoms. The van der Waals surface area contributed by atoms with Gasteiger partial charge >= 0.3 is 12.4 Å².